The van der Waals surface area contributed by atoms with Crippen LogP contribution in [-0.2, 0) is 0 Å². The van der Waals surface area contributed by atoms with Crippen molar-refractivity contribution in [2.24, 2.45) is 11.0 Å². The Labute approximate surface area is 122 Å². The fourth-order valence-corrected chi connectivity index (χ4v) is 3.50. The van der Waals surface area contributed by atoms with Crippen molar-refractivity contribution in [1.29, 1.82) is 0 Å². The third-order valence-corrected chi connectivity index (χ3v) is 4.65. The molecule has 0 bridgehead atoms. The molecule has 1 aliphatic heterocycles. The Morgan fingerprint density at radius 3 is 2.80 bits per heavy atom. The van der Waals surface area contributed by atoms with E-state index in [-0.39, 0.29) is 0 Å². The second-order valence-corrected chi connectivity index (χ2v) is 6.32. The van der Waals surface area contributed by atoms with Gasteiger partial charge in [0.05, 0.1) is 5.71 Å². The van der Waals surface area contributed by atoms with Crippen molar-refractivity contribution in [3.8, 4) is 0 Å². The zero-order valence-corrected chi connectivity index (χ0v) is 12.1. The predicted molar refractivity (Wildman–Crippen MR) is 82.9 cm³/mol. The molecule has 2 aliphatic rings. The van der Waals surface area contributed by atoms with Gasteiger partial charge in [0.25, 0.3) is 0 Å². The quantitative estimate of drug-likeness (QED) is 0.907. The molecule has 0 spiro atoms. The van der Waals surface area contributed by atoms with Gasteiger partial charge in [0.2, 0.25) is 0 Å². The third kappa shape index (κ3) is 1.98. The number of benzene rings is 1. The summed E-state index contributed by atoms with van der Waals surface area (Å²) < 4.78 is 2.18. The minimum absolute atomic E-state index is 0.639. The Hall–Kier alpha value is -1.88. The summed E-state index contributed by atoms with van der Waals surface area (Å²) in [4.78, 5) is 1.22. The molecule has 1 aromatic carbocycles. The normalized spacial score (nSPS) is 16.9. The summed E-state index contributed by atoms with van der Waals surface area (Å²) in [6.45, 7) is 2.16. The molecular weight excluding hydrogens is 268 g/mol. The van der Waals surface area contributed by atoms with Crippen molar-refractivity contribution in [2.45, 2.75) is 24.7 Å². The fourth-order valence-electron chi connectivity index (χ4n) is 2.56. The Kier molecular flexibility index (Phi) is 2.73. The first-order valence-electron chi connectivity index (χ1n) is 6.87. The molecule has 1 aliphatic carbocycles. The topological polar surface area (TPSA) is 41.4 Å². The largest absolute Gasteiger partial charge is 0.271 e. The van der Waals surface area contributed by atoms with Crippen molar-refractivity contribution >= 4 is 23.5 Å². The average molecular weight is 284 g/mol. The molecule has 0 amide bonds. The SMILES string of the molecule is Cc1cn(Sc2ccccc2)c2c1C(C1CC1)=NNN2. The molecule has 5 heteroatoms. The van der Waals surface area contributed by atoms with Crippen molar-refractivity contribution < 1.29 is 0 Å². The van der Waals surface area contributed by atoms with Gasteiger partial charge in [-0.05, 0) is 49.4 Å². The Morgan fingerprint density at radius 2 is 2.05 bits per heavy atom. The molecule has 102 valence electrons. The van der Waals surface area contributed by atoms with Gasteiger partial charge < -0.3 is 0 Å². The number of fused-ring (bicyclic) bond motifs is 1. The smallest absolute Gasteiger partial charge is 0.146 e. The minimum Gasteiger partial charge on any atom is -0.271 e. The van der Waals surface area contributed by atoms with E-state index in [1.807, 2.05) is 6.07 Å². The Bertz CT molecular complexity index is 671. The molecule has 1 fully saturated rings. The molecule has 0 radical (unpaired) electrons. The van der Waals surface area contributed by atoms with E-state index in [4.69, 9.17) is 0 Å². The van der Waals surface area contributed by atoms with Gasteiger partial charge in [-0.1, -0.05) is 18.2 Å². The number of hydrazine groups is 1. The molecule has 4 nitrogen and oxygen atoms in total. The fraction of sp³-hybridized carbons (Fsp3) is 0.267. The summed E-state index contributed by atoms with van der Waals surface area (Å²) in [5.74, 6) is 1.74. The van der Waals surface area contributed by atoms with Crippen LogP contribution < -0.4 is 11.0 Å². The molecular formula is C15H16N4S. The molecule has 0 unspecified atom stereocenters. The van der Waals surface area contributed by atoms with E-state index >= 15 is 0 Å². The van der Waals surface area contributed by atoms with Crippen LogP contribution in [0.2, 0.25) is 0 Å². The van der Waals surface area contributed by atoms with E-state index in [1.54, 1.807) is 11.9 Å². The second kappa shape index (κ2) is 4.59. The van der Waals surface area contributed by atoms with Crippen LogP contribution in [0.3, 0.4) is 0 Å². The van der Waals surface area contributed by atoms with Crippen LogP contribution in [0, 0.1) is 12.8 Å². The van der Waals surface area contributed by atoms with Crippen molar-refractivity contribution in [3.05, 3.63) is 47.7 Å². The maximum absolute atomic E-state index is 4.45. The summed E-state index contributed by atoms with van der Waals surface area (Å²) in [5, 5.41) is 4.45. The number of hydrogen-bond acceptors (Lipinski definition) is 4. The molecule has 2 N–H and O–H groups in total. The van der Waals surface area contributed by atoms with Crippen molar-refractivity contribution in [2.75, 3.05) is 5.43 Å². The van der Waals surface area contributed by atoms with Crippen LogP contribution in [0.25, 0.3) is 0 Å². The summed E-state index contributed by atoms with van der Waals surface area (Å²) in [5.41, 5.74) is 9.91. The van der Waals surface area contributed by atoms with E-state index in [2.05, 4.69) is 57.4 Å². The van der Waals surface area contributed by atoms with Gasteiger partial charge in [-0.2, -0.15) is 5.10 Å². The van der Waals surface area contributed by atoms with Crippen LogP contribution in [0.5, 0.6) is 0 Å². The number of anilines is 1. The van der Waals surface area contributed by atoms with E-state index < -0.39 is 0 Å². The first kappa shape index (κ1) is 11.9. The summed E-state index contributed by atoms with van der Waals surface area (Å²) in [7, 11) is 0. The number of aryl methyl sites for hydroxylation is 1. The highest BCUT2D eigenvalue weighted by molar-refractivity contribution is 7.98. The number of nitrogens with one attached hydrogen (secondary N) is 2. The lowest BCUT2D eigenvalue weighted by Gasteiger charge is -2.18. The number of aromatic nitrogens is 1. The van der Waals surface area contributed by atoms with Crippen molar-refractivity contribution in [1.82, 2.24) is 9.51 Å². The molecule has 0 saturated heterocycles. The number of nitrogens with zero attached hydrogens (tertiary/aromatic N) is 2. The zero-order valence-electron chi connectivity index (χ0n) is 11.3. The second-order valence-electron chi connectivity index (χ2n) is 5.27. The average Bonchev–Trinajstić information content (AvgIpc) is 3.27. The van der Waals surface area contributed by atoms with Gasteiger partial charge in [0.1, 0.15) is 5.82 Å². The number of rotatable bonds is 3. The summed E-state index contributed by atoms with van der Waals surface area (Å²) in [6.07, 6.45) is 4.70. The minimum atomic E-state index is 0.639. The number of hydrazone groups is 1. The first-order valence-corrected chi connectivity index (χ1v) is 7.64. The predicted octanol–water partition coefficient (Wildman–Crippen LogP) is 3.40. The Morgan fingerprint density at radius 1 is 1.25 bits per heavy atom. The van der Waals surface area contributed by atoms with Gasteiger partial charge in [0, 0.05) is 22.6 Å². The lowest BCUT2D eigenvalue weighted by atomic mass is 10.0. The Balaban J connectivity index is 1.72. The van der Waals surface area contributed by atoms with Crippen LogP contribution in [-0.4, -0.2) is 9.68 Å². The highest BCUT2D eigenvalue weighted by Gasteiger charge is 2.34. The van der Waals surface area contributed by atoms with Gasteiger partial charge in [-0.3, -0.25) is 9.40 Å². The van der Waals surface area contributed by atoms with E-state index in [1.165, 1.54) is 34.6 Å². The lowest BCUT2D eigenvalue weighted by molar-refractivity contribution is 0.838. The zero-order chi connectivity index (χ0) is 13.5. The van der Waals surface area contributed by atoms with Gasteiger partial charge in [-0.15, -0.1) is 0 Å². The van der Waals surface area contributed by atoms with E-state index in [9.17, 15) is 0 Å². The molecule has 1 saturated carbocycles. The highest BCUT2D eigenvalue weighted by Crippen LogP contribution is 2.39. The van der Waals surface area contributed by atoms with E-state index in [0.717, 1.165) is 5.82 Å². The lowest BCUT2D eigenvalue weighted by Crippen LogP contribution is -2.27. The van der Waals surface area contributed by atoms with Crippen LogP contribution in [0.4, 0.5) is 5.82 Å². The third-order valence-electron chi connectivity index (χ3n) is 3.68. The first-order chi connectivity index (χ1) is 9.83. The monoisotopic (exact) mass is 284 g/mol. The van der Waals surface area contributed by atoms with Crippen LogP contribution in [0.15, 0.2) is 46.5 Å². The van der Waals surface area contributed by atoms with Gasteiger partial charge >= 0.3 is 0 Å². The highest BCUT2D eigenvalue weighted by atomic mass is 32.2. The van der Waals surface area contributed by atoms with Gasteiger partial charge in [0.15, 0.2) is 0 Å². The molecule has 2 heterocycles. The maximum Gasteiger partial charge on any atom is 0.146 e. The maximum atomic E-state index is 4.45. The molecule has 2 aromatic rings. The molecule has 20 heavy (non-hydrogen) atoms. The number of hydrogen-bond donors (Lipinski definition) is 2. The molecule has 1 aromatic heterocycles. The van der Waals surface area contributed by atoms with Crippen molar-refractivity contribution in [3.63, 3.8) is 0 Å². The van der Waals surface area contributed by atoms with Crippen LogP contribution in [0.1, 0.15) is 24.0 Å². The van der Waals surface area contributed by atoms with Gasteiger partial charge in [-0.25, -0.2) is 5.53 Å². The molecule has 4 rings (SSSR count). The standard InChI is InChI=1S/C15H16N4S/c1-10-9-19(20-12-5-3-2-4-6-12)15-13(10)14(11-7-8-11)16-18-17-15/h2-6,9,11,17-18H,7-8H2,1H3. The van der Waals surface area contributed by atoms with Crippen LogP contribution >= 0.6 is 11.9 Å². The summed E-state index contributed by atoms with van der Waals surface area (Å²) >= 11 is 1.72. The summed E-state index contributed by atoms with van der Waals surface area (Å²) in [6, 6.07) is 10.4. The van der Waals surface area contributed by atoms with E-state index in [0.29, 0.717) is 5.92 Å². The molecule has 0 atom stereocenters.